The molecule has 1 heterocycles. The Morgan fingerprint density at radius 3 is 2.91 bits per heavy atom. The fraction of sp³-hybridized carbons (Fsp3) is 0.750. The molecule has 0 unspecified atom stereocenters. The SMILES string of the molecule is Cc1csc(=O)n1CCC(=O)NCCO[C@H]1CCCC[C@H]1C. The number of carbonyl (C=O) groups is 1. The molecule has 1 aliphatic carbocycles. The first-order chi connectivity index (χ1) is 10.6. The van der Waals surface area contributed by atoms with Gasteiger partial charge in [0.05, 0.1) is 12.7 Å². The maximum Gasteiger partial charge on any atom is 0.307 e. The van der Waals surface area contributed by atoms with E-state index in [1.807, 2.05) is 12.3 Å². The van der Waals surface area contributed by atoms with E-state index < -0.39 is 0 Å². The third-order valence-electron chi connectivity index (χ3n) is 4.33. The van der Waals surface area contributed by atoms with Crippen LogP contribution >= 0.6 is 11.3 Å². The Morgan fingerprint density at radius 2 is 2.23 bits per heavy atom. The highest BCUT2D eigenvalue weighted by molar-refractivity contribution is 7.07. The second-order valence-electron chi connectivity index (χ2n) is 6.07. The normalized spacial score (nSPS) is 21.7. The summed E-state index contributed by atoms with van der Waals surface area (Å²) in [5.74, 6) is 0.593. The quantitative estimate of drug-likeness (QED) is 0.782. The van der Waals surface area contributed by atoms with Crippen molar-refractivity contribution in [3.05, 3.63) is 20.7 Å². The number of amides is 1. The molecule has 2 atom stereocenters. The van der Waals surface area contributed by atoms with Gasteiger partial charge in [0.25, 0.3) is 0 Å². The fourth-order valence-electron chi connectivity index (χ4n) is 2.91. The molecule has 1 aromatic heterocycles. The summed E-state index contributed by atoms with van der Waals surface area (Å²) in [5, 5.41) is 4.68. The lowest BCUT2D eigenvalue weighted by atomic mass is 9.88. The summed E-state index contributed by atoms with van der Waals surface area (Å²) in [7, 11) is 0. The lowest BCUT2D eigenvalue weighted by Crippen LogP contribution is -2.32. The highest BCUT2D eigenvalue weighted by atomic mass is 32.1. The molecule has 22 heavy (non-hydrogen) atoms. The Kier molecular flexibility index (Phi) is 6.64. The molecule has 0 saturated heterocycles. The second kappa shape index (κ2) is 8.48. The van der Waals surface area contributed by atoms with Crippen LogP contribution in [0.25, 0.3) is 0 Å². The van der Waals surface area contributed by atoms with Crippen LogP contribution in [0.4, 0.5) is 0 Å². The summed E-state index contributed by atoms with van der Waals surface area (Å²) in [4.78, 5) is 23.3. The highest BCUT2D eigenvalue weighted by Gasteiger charge is 2.21. The summed E-state index contributed by atoms with van der Waals surface area (Å²) < 4.78 is 7.51. The van der Waals surface area contributed by atoms with Crippen LogP contribution in [0.2, 0.25) is 0 Å². The first-order valence-corrected chi connectivity index (χ1v) is 8.99. The van der Waals surface area contributed by atoms with Gasteiger partial charge in [0.15, 0.2) is 0 Å². The Hall–Kier alpha value is -1.14. The van der Waals surface area contributed by atoms with E-state index in [2.05, 4.69) is 12.2 Å². The third kappa shape index (κ3) is 4.95. The second-order valence-corrected chi connectivity index (χ2v) is 6.89. The van der Waals surface area contributed by atoms with E-state index in [1.54, 1.807) is 4.57 Å². The summed E-state index contributed by atoms with van der Waals surface area (Å²) >= 11 is 1.18. The van der Waals surface area contributed by atoms with Crippen molar-refractivity contribution in [2.45, 2.75) is 58.6 Å². The number of rotatable bonds is 7. The standard InChI is InChI=1S/C16H26N2O3S/c1-12-5-3-4-6-14(12)21-10-8-17-15(19)7-9-18-13(2)11-22-16(18)20/h11-12,14H,3-10H2,1-2H3,(H,17,19)/t12-,14+/m1/s1. The maximum atomic E-state index is 11.8. The molecular formula is C16H26N2O3S. The van der Waals surface area contributed by atoms with Gasteiger partial charge in [-0.15, -0.1) is 0 Å². The number of hydrogen-bond donors (Lipinski definition) is 1. The number of ether oxygens (including phenoxy) is 1. The predicted octanol–water partition coefficient (Wildman–Crippen LogP) is 2.32. The summed E-state index contributed by atoms with van der Waals surface area (Å²) in [5.41, 5.74) is 0.914. The van der Waals surface area contributed by atoms with Crippen LogP contribution in [0, 0.1) is 12.8 Å². The van der Waals surface area contributed by atoms with Gasteiger partial charge in [-0.25, -0.2) is 0 Å². The fourth-order valence-corrected chi connectivity index (χ4v) is 3.67. The Morgan fingerprint density at radius 1 is 1.45 bits per heavy atom. The average Bonchev–Trinajstić information content (AvgIpc) is 2.82. The van der Waals surface area contributed by atoms with Crippen molar-refractivity contribution in [2.24, 2.45) is 5.92 Å². The number of carbonyl (C=O) groups excluding carboxylic acids is 1. The van der Waals surface area contributed by atoms with Gasteiger partial charge >= 0.3 is 4.87 Å². The van der Waals surface area contributed by atoms with E-state index in [9.17, 15) is 9.59 Å². The molecule has 6 heteroatoms. The van der Waals surface area contributed by atoms with Crippen molar-refractivity contribution in [3.63, 3.8) is 0 Å². The van der Waals surface area contributed by atoms with Gasteiger partial charge in [-0.3, -0.25) is 9.59 Å². The largest absolute Gasteiger partial charge is 0.376 e. The van der Waals surface area contributed by atoms with E-state index in [0.717, 1.165) is 12.1 Å². The molecule has 1 aromatic rings. The Labute approximate surface area is 135 Å². The minimum atomic E-state index is -0.0298. The van der Waals surface area contributed by atoms with Crippen LogP contribution in [0.1, 0.15) is 44.7 Å². The zero-order valence-corrected chi connectivity index (χ0v) is 14.3. The monoisotopic (exact) mass is 326 g/mol. The minimum Gasteiger partial charge on any atom is -0.376 e. The van der Waals surface area contributed by atoms with Crippen molar-refractivity contribution in [3.8, 4) is 0 Å². The van der Waals surface area contributed by atoms with Crippen LogP contribution in [0.5, 0.6) is 0 Å². The third-order valence-corrected chi connectivity index (χ3v) is 5.21. The molecular weight excluding hydrogens is 300 g/mol. The summed E-state index contributed by atoms with van der Waals surface area (Å²) in [6.07, 6.45) is 5.60. The van der Waals surface area contributed by atoms with Gasteiger partial charge in [-0.05, 0) is 25.7 Å². The molecule has 0 aromatic carbocycles. The zero-order valence-electron chi connectivity index (χ0n) is 13.5. The molecule has 1 amide bonds. The van der Waals surface area contributed by atoms with Gasteiger partial charge < -0.3 is 14.6 Å². The number of nitrogens with one attached hydrogen (secondary N) is 1. The van der Waals surface area contributed by atoms with Crippen LogP contribution in [0.15, 0.2) is 10.2 Å². The smallest absolute Gasteiger partial charge is 0.307 e. The molecule has 1 aliphatic rings. The number of nitrogens with zero attached hydrogens (tertiary/aromatic N) is 1. The molecule has 0 spiro atoms. The number of hydrogen-bond acceptors (Lipinski definition) is 4. The molecule has 1 fully saturated rings. The molecule has 5 nitrogen and oxygen atoms in total. The zero-order chi connectivity index (χ0) is 15.9. The van der Waals surface area contributed by atoms with Gasteiger partial charge in [-0.2, -0.15) is 0 Å². The number of aromatic nitrogens is 1. The minimum absolute atomic E-state index is 0.0000746. The van der Waals surface area contributed by atoms with Crippen molar-refractivity contribution in [1.82, 2.24) is 9.88 Å². The van der Waals surface area contributed by atoms with Crippen LogP contribution < -0.4 is 10.2 Å². The molecule has 0 radical (unpaired) electrons. The van der Waals surface area contributed by atoms with Crippen molar-refractivity contribution < 1.29 is 9.53 Å². The van der Waals surface area contributed by atoms with Crippen molar-refractivity contribution in [1.29, 1.82) is 0 Å². The molecule has 0 aliphatic heterocycles. The molecule has 2 rings (SSSR count). The summed E-state index contributed by atoms with van der Waals surface area (Å²) in [6.45, 7) is 5.68. The molecule has 1 N–H and O–H groups in total. The highest BCUT2D eigenvalue weighted by Crippen LogP contribution is 2.25. The maximum absolute atomic E-state index is 11.8. The van der Waals surface area contributed by atoms with E-state index in [0.29, 0.717) is 38.1 Å². The van der Waals surface area contributed by atoms with Crippen LogP contribution in [-0.4, -0.2) is 29.7 Å². The lowest BCUT2D eigenvalue weighted by molar-refractivity contribution is -0.121. The van der Waals surface area contributed by atoms with E-state index in [-0.39, 0.29) is 10.8 Å². The molecule has 1 saturated carbocycles. The van der Waals surface area contributed by atoms with Gasteiger partial charge in [0.1, 0.15) is 0 Å². The first kappa shape index (κ1) is 17.2. The Bertz CT molecular complexity index is 538. The van der Waals surface area contributed by atoms with Crippen molar-refractivity contribution in [2.75, 3.05) is 13.2 Å². The van der Waals surface area contributed by atoms with Crippen LogP contribution in [0.3, 0.4) is 0 Å². The van der Waals surface area contributed by atoms with E-state index in [4.69, 9.17) is 4.74 Å². The van der Waals surface area contributed by atoms with Gasteiger partial charge in [0, 0.05) is 30.6 Å². The molecule has 124 valence electrons. The number of aryl methyl sites for hydroxylation is 1. The van der Waals surface area contributed by atoms with E-state index in [1.165, 1.54) is 30.6 Å². The van der Waals surface area contributed by atoms with Crippen molar-refractivity contribution >= 4 is 17.2 Å². The average molecular weight is 326 g/mol. The van der Waals surface area contributed by atoms with Gasteiger partial charge in [0.2, 0.25) is 5.91 Å². The number of thiazole rings is 1. The van der Waals surface area contributed by atoms with Crippen LogP contribution in [-0.2, 0) is 16.1 Å². The molecule has 0 bridgehead atoms. The van der Waals surface area contributed by atoms with Gasteiger partial charge in [-0.1, -0.05) is 31.1 Å². The lowest BCUT2D eigenvalue weighted by Gasteiger charge is -2.28. The first-order valence-electron chi connectivity index (χ1n) is 8.11. The van der Waals surface area contributed by atoms with E-state index >= 15 is 0 Å². The predicted molar refractivity (Wildman–Crippen MR) is 88.3 cm³/mol. The Balaban J connectivity index is 1.61. The summed E-state index contributed by atoms with van der Waals surface area (Å²) in [6, 6.07) is 0. The topological polar surface area (TPSA) is 60.3 Å².